The third-order valence-electron chi connectivity index (χ3n) is 3.60. The summed E-state index contributed by atoms with van der Waals surface area (Å²) in [5.41, 5.74) is 1.67. The molecule has 0 aliphatic rings. The molecule has 0 unspecified atom stereocenters. The van der Waals surface area contributed by atoms with E-state index in [-0.39, 0.29) is 25.0 Å². The lowest BCUT2D eigenvalue weighted by atomic mass is 10.1. The van der Waals surface area contributed by atoms with Crippen LogP contribution in [-0.2, 0) is 20.7 Å². The van der Waals surface area contributed by atoms with Crippen molar-refractivity contribution in [3.63, 3.8) is 0 Å². The standard InChI is InChI=1S/C20H22N2O4/c23-18(21-13-7-10-16-8-3-1-4-9-16)15-26-19(24)14-22-20(25)17-11-5-2-6-12-17/h1-6,8-9,11-12H,7,10,13-15H2,(H,21,23)(H,22,25). The summed E-state index contributed by atoms with van der Waals surface area (Å²) in [6.45, 7) is -0.129. The van der Waals surface area contributed by atoms with Crippen LogP contribution in [0.15, 0.2) is 60.7 Å². The summed E-state index contributed by atoms with van der Waals surface area (Å²) < 4.78 is 4.84. The molecule has 0 aliphatic heterocycles. The molecule has 2 aromatic rings. The van der Waals surface area contributed by atoms with Gasteiger partial charge < -0.3 is 15.4 Å². The van der Waals surface area contributed by atoms with Crippen LogP contribution in [0.25, 0.3) is 0 Å². The van der Waals surface area contributed by atoms with Crippen molar-refractivity contribution >= 4 is 17.8 Å². The van der Waals surface area contributed by atoms with Gasteiger partial charge >= 0.3 is 5.97 Å². The Labute approximate surface area is 152 Å². The minimum Gasteiger partial charge on any atom is -0.454 e. The maximum Gasteiger partial charge on any atom is 0.325 e. The first-order valence-electron chi connectivity index (χ1n) is 8.44. The molecular weight excluding hydrogens is 332 g/mol. The fourth-order valence-electron chi connectivity index (χ4n) is 2.26. The Kier molecular flexibility index (Phi) is 7.86. The van der Waals surface area contributed by atoms with Gasteiger partial charge in [0.25, 0.3) is 11.8 Å². The predicted molar refractivity (Wildman–Crippen MR) is 97.5 cm³/mol. The van der Waals surface area contributed by atoms with Crippen molar-refractivity contribution in [3.05, 3.63) is 71.8 Å². The van der Waals surface area contributed by atoms with Crippen molar-refractivity contribution in [1.82, 2.24) is 10.6 Å². The zero-order valence-corrected chi connectivity index (χ0v) is 14.4. The van der Waals surface area contributed by atoms with Gasteiger partial charge in [0.05, 0.1) is 0 Å². The molecule has 0 aliphatic carbocycles. The first kappa shape index (κ1) is 19.2. The summed E-state index contributed by atoms with van der Waals surface area (Å²) in [5.74, 6) is -1.39. The first-order valence-corrected chi connectivity index (χ1v) is 8.44. The largest absolute Gasteiger partial charge is 0.454 e. The Morgan fingerprint density at radius 1 is 0.846 bits per heavy atom. The van der Waals surface area contributed by atoms with E-state index in [2.05, 4.69) is 10.6 Å². The Hall–Kier alpha value is -3.15. The van der Waals surface area contributed by atoms with Gasteiger partial charge in [0.15, 0.2) is 6.61 Å². The topological polar surface area (TPSA) is 84.5 Å². The molecule has 0 radical (unpaired) electrons. The molecule has 0 spiro atoms. The number of esters is 1. The lowest BCUT2D eigenvalue weighted by Crippen LogP contribution is -2.34. The lowest BCUT2D eigenvalue weighted by molar-refractivity contribution is -0.147. The van der Waals surface area contributed by atoms with E-state index < -0.39 is 5.97 Å². The van der Waals surface area contributed by atoms with Crippen LogP contribution in [0.3, 0.4) is 0 Å². The van der Waals surface area contributed by atoms with Gasteiger partial charge in [0.1, 0.15) is 6.54 Å². The Bertz CT molecular complexity index is 717. The number of aryl methyl sites for hydroxylation is 1. The van der Waals surface area contributed by atoms with Crippen LogP contribution in [0.4, 0.5) is 0 Å². The van der Waals surface area contributed by atoms with Crippen LogP contribution in [0, 0.1) is 0 Å². The lowest BCUT2D eigenvalue weighted by Gasteiger charge is -2.08. The van der Waals surface area contributed by atoms with Crippen molar-refractivity contribution in [2.75, 3.05) is 19.7 Å². The highest BCUT2D eigenvalue weighted by Gasteiger charge is 2.10. The summed E-state index contributed by atoms with van der Waals surface area (Å²) in [4.78, 5) is 35.0. The van der Waals surface area contributed by atoms with Crippen molar-refractivity contribution < 1.29 is 19.1 Å². The number of hydrogen-bond donors (Lipinski definition) is 2. The zero-order chi connectivity index (χ0) is 18.6. The molecule has 0 saturated heterocycles. The van der Waals surface area contributed by atoms with Gasteiger partial charge in [0, 0.05) is 12.1 Å². The van der Waals surface area contributed by atoms with Gasteiger partial charge in [-0.05, 0) is 30.5 Å². The van der Waals surface area contributed by atoms with E-state index in [1.807, 2.05) is 30.3 Å². The quantitative estimate of drug-likeness (QED) is 0.530. The van der Waals surface area contributed by atoms with E-state index in [0.29, 0.717) is 12.1 Å². The maximum absolute atomic E-state index is 11.8. The molecule has 6 nitrogen and oxygen atoms in total. The van der Waals surface area contributed by atoms with Crippen LogP contribution < -0.4 is 10.6 Å². The highest BCUT2D eigenvalue weighted by atomic mass is 16.5. The minimum absolute atomic E-state index is 0.283. The van der Waals surface area contributed by atoms with E-state index in [9.17, 15) is 14.4 Å². The van der Waals surface area contributed by atoms with Crippen LogP contribution >= 0.6 is 0 Å². The Balaban J connectivity index is 1.55. The number of carbonyl (C=O) groups excluding carboxylic acids is 3. The second kappa shape index (κ2) is 10.7. The molecule has 26 heavy (non-hydrogen) atoms. The molecule has 6 heteroatoms. The normalized spacial score (nSPS) is 10.0. The highest BCUT2D eigenvalue weighted by Crippen LogP contribution is 2.01. The number of benzene rings is 2. The van der Waals surface area contributed by atoms with Gasteiger partial charge in [-0.15, -0.1) is 0 Å². The molecule has 0 atom stereocenters. The van der Waals surface area contributed by atoms with Crippen LogP contribution in [0.2, 0.25) is 0 Å². The van der Waals surface area contributed by atoms with Crippen molar-refractivity contribution in [2.24, 2.45) is 0 Å². The van der Waals surface area contributed by atoms with Crippen molar-refractivity contribution in [3.8, 4) is 0 Å². The van der Waals surface area contributed by atoms with Crippen LogP contribution in [0.5, 0.6) is 0 Å². The first-order chi connectivity index (χ1) is 12.6. The third-order valence-corrected chi connectivity index (χ3v) is 3.60. The summed E-state index contributed by atoms with van der Waals surface area (Å²) in [5, 5.41) is 5.14. The van der Waals surface area contributed by atoms with E-state index in [0.717, 1.165) is 12.8 Å². The minimum atomic E-state index is -0.659. The predicted octanol–water partition coefficient (Wildman–Crippen LogP) is 1.71. The van der Waals surface area contributed by atoms with Crippen molar-refractivity contribution in [1.29, 1.82) is 0 Å². The fraction of sp³-hybridized carbons (Fsp3) is 0.250. The highest BCUT2D eigenvalue weighted by molar-refractivity contribution is 5.96. The number of carbonyl (C=O) groups is 3. The monoisotopic (exact) mass is 354 g/mol. The van der Waals surface area contributed by atoms with Gasteiger partial charge in [-0.2, -0.15) is 0 Å². The molecule has 0 bridgehead atoms. The molecule has 2 rings (SSSR count). The molecular formula is C20H22N2O4. The van der Waals surface area contributed by atoms with E-state index in [1.165, 1.54) is 5.56 Å². The average molecular weight is 354 g/mol. The Morgan fingerprint density at radius 2 is 1.50 bits per heavy atom. The molecule has 0 saturated carbocycles. The van der Waals surface area contributed by atoms with Gasteiger partial charge in [-0.1, -0.05) is 48.5 Å². The van der Waals surface area contributed by atoms with Crippen LogP contribution in [0.1, 0.15) is 22.3 Å². The van der Waals surface area contributed by atoms with Crippen molar-refractivity contribution in [2.45, 2.75) is 12.8 Å². The second-order valence-electron chi connectivity index (χ2n) is 5.65. The summed E-state index contributed by atoms with van der Waals surface area (Å²) in [6.07, 6.45) is 1.67. The Morgan fingerprint density at radius 3 is 2.19 bits per heavy atom. The van der Waals surface area contributed by atoms with E-state index in [1.54, 1.807) is 30.3 Å². The number of nitrogens with one attached hydrogen (secondary N) is 2. The third kappa shape index (κ3) is 7.17. The number of hydrogen-bond acceptors (Lipinski definition) is 4. The summed E-state index contributed by atoms with van der Waals surface area (Å²) >= 11 is 0. The smallest absolute Gasteiger partial charge is 0.325 e. The maximum atomic E-state index is 11.8. The van der Waals surface area contributed by atoms with Crippen LogP contribution in [-0.4, -0.2) is 37.5 Å². The molecule has 2 N–H and O–H groups in total. The molecule has 2 amide bonds. The SMILES string of the molecule is O=C(COC(=O)CNC(=O)c1ccccc1)NCCCc1ccccc1. The molecule has 2 aromatic carbocycles. The average Bonchev–Trinajstić information content (AvgIpc) is 2.69. The van der Waals surface area contributed by atoms with Gasteiger partial charge in [0.2, 0.25) is 0 Å². The van der Waals surface area contributed by atoms with E-state index in [4.69, 9.17) is 4.74 Å². The van der Waals surface area contributed by atoms with Gasteiger partial charge in [-0.25, -0.2) is 0 Å². The number of rotatable bonds is 9. The molecule has 0 heterocycles. The number of ether oxygens (including phenoxy) is 1. The zero-order valence-electron chi connectivity index (χ0n) is 14.4. The molecule has 136 valence electrons. The fourth-order valence-corrected chi connectivity index (χ4v) is 2.26. The summed E-state index contributed by atoms with van der Waals surface area (Å²) in [6, 6.07) is 18.5. The van der Waals surface area contributed by atoms with Gasteiger partial charge in [-0.3, -0.25) is 14.4 Å². The summed E-state index contributed by atoms with van der Waals surface area (Å²) in [7, 11) is 0. The number of amides is 2. The van der Waals surface area contributed by atoms with E-state index >= 15 is 0 Å². The second-order valence-corrected chi connectivity index (χ2v) is 5.65. The molecule has 0 aromatic heterocycles. The molecule has 0 fully saturated rings.